The topological polar surface area (TPSA) is 44.1 Å². The summed E-state index contributed by atoms with van der Waals surface area (Å²) in [5, 5.41) is 2.50. The van der Waals surface area contributed by atoms with Crippen LogP contribution in [0.25, 0.3) is 21.3 Å². The first-order chi connectivity index (χ1) is 13.7. The standard InChI is InChI=1S/C22H19FN2O2S/c23-17-10-8-16(9-11-17)19-14-28-21-20(19)22(26)25(15-24-21)12-4-5-13-27-18-6-2-1-3-7-18/h1-3,6-11,14-15H,4-5,12-13H2. The van der Waals surface area contributed by atoms with Crippen molar-refractivity contribution < 1.29 is 9.13 Å². The molecule has 0 aliphatic rings. The number of aryl methyl sites for hydroxylation is 1. The van der Waals surface area contributed by atoms with Crippen molar-refractivity contribution in [3.05, 3.63) is 82.5 Å². The van der Waals surface area contributed by atoms with Crippen LogP contribution < -0.4 is 10.3 Å². The fourth-order valence-corrected chi connectivity index (χ4v) is 3.97. The van der Waals surface area contributed by atoms with Gasteiger partial charge in [-0.05, 0) is 42.7 Å². The second-order valence-corrected chi connectivity index (χ2v) is 7.31. The van der Waals surface area contributed by atoms with E-state index in [4.69, 9.17) is 4.74 Å². The fraction of sp³-hybridized carbons (Fsp3) is 0.182. The van der Waals surface area contributed by atoms with Crippen LogP contribution >= 0.6 is 11.3 Å². The summed E-state index contributed by atoms with van der Waals surface area (Å²) in [7, 11) is 0. The molecule has 0 saturated heterocycles. The molecule has 0 bridgehead atoms. The number of benzene rings is 2. The first-order valence-electron chi connectivity index (χ1n) is 9.13. The zero-order valence-corrected chi connectivity index (χ0v) is 16.0. The quantitative estimate of drug-likeness (QED) is 0.409. The maximum absolute atomic E-state index is 13.2. The second kappa shape index (κ2) is 8.35. The Morgan fingerprint density at radius 3 is 2.61 bits per heavy atom. The highest BCUT2D eigenvalue weighted by atomic mass is 32.1. The average Bonchev–Trinajstić information content (AvgIpc) is 3.16. The Morgan fingerprint density at radius 2 is 1.82 bits per heavy atom. The number of para-hydroxylation sites is 1. The molecule has 0 spiro atoms. The Bertz CT molecular complexity index is 1120. The number of hydrogen-bond acceptors (Lipinski definition) is 4. The molecule has 0 N–H and O–H groups in total. The van der Waals surface area contributed by atoms with Crippen LogP contribution in [0.1, 0.15) is 12.8 Å². The van der Waals surface area contributed by atoms with Gasteiger partial charge in [0.15, 0.2) is 0 Å². The molecule has 142 valence electrons. The van der Waals surface area contributed by atoms with Gasteiger partial charge in [0.2, 0.25) is 0 Å². The first kappa shape index (κ1) is 18.4. The minimum absolute atomic E-state index is 0.0606. The zero-order chi connectivity index (χ0) is 19.3. The van der Waals surface area contributed by atoms with E-state index in [2.05, 4.69) is 4.98 Å². The Kier molecular flexibility index (Phi) is 5.48. The molecule has 0 radical (unpaired) electrons. The van der Waals surface area contributed by atoms with Crippen LogP contribution in [0.5, 0.6) is 5.75 Å². The monoisotopic (exact) mass is 394 g/mol. The third-order valence-corrected chi connectivity index (χ3v) is 5.41. The van der Waals surface area contributed by atoms with Gasteiger partial charge in [-0.3, -0.25) is 9.36 Å². The predicted molar refractivity (Wildman–Crippen MR) is 110 cm³/mol. The van der Waals surface area contributed by atoms with Gasteiger partial charge in [0.1, 0.15) is 16.4 Å². The summed E-state index contributed by atoms with van der Waals surface area (Å²) in [6, 6.07) is 15.9. The fourth-order valence-electron chi connectivity index (χ4n) is 3.06. The van der Waals surface area contributed by atoms with E-state index in [1.807, 2.05) is 35.7 Å². The van der Waals surface area contributed by atoms with E-state index in [0.717, 1.165) is 29.7 Å². The van der Waals surface area contributed by atoms with Crippen molar-refractivity contribution in [1.82, 2.24) is 9.55 Å². The maximum Gasteiger partial charge on any atom is 0.262 e. The normalized spacial score (nSPS) is 11.0. The number of unbranched alkanes of at least 4 members (excludes halogenated alkanes) is 1. The van der Waals surface area contributed by atoms with E-state index in [-0.39, 0.29) is 11.4 Å². The lowest BCUT2D eigenvalue weighted by molar-refractivity contribution is 0.303. The van der Waals surface area contributed by atoms with Crippen LogP contribution in [0.3, 0.4) is 0 Å². The van der Waals surface area contributed by atoms with Gasteiger partial charge in [-0.2, -0.15) is 0 Å². The molecule has 4 nitrogen and oxygen atoms in total. The molecule has 0 saturated carbocycles. The highest BCUT2D eigenvalue weighted by Gasteiger charge is 2.13. The van der Waals surface area contributed by atoms with Crippen LogP contribution in [0, 0.1) is 5.82 Å². The maximum atomic E-state index is 13.2. The molecule has 2 aromatic heterocycles. The molecule has 2 heterocycles. The molecule has 0 atom stereocenters. The first-order valence-corrected chi connectivity index (χ1v) is 10.0. The van der Waals surface area contributed by atoms with Crippen molar-refractivity contribution in [2.75, 3.05) is 6.61 Å². The summed E-state index contributed by atoms with van der Waals surface area (Å²) >= 11 is 1.43. The van der Waals surface area contributed by atoms with Crippen molar-refractivity contribution >= 4 is 21.6 Å². The summed E-state index contributed by atoms with van der Waals surface area (Å²) in [5.74, 6) is 0.557. The molecule has 0 amide bonds. The van der Waals surface area contributed by atoms with E-state index >= 15 is 0 Å². The molecule has 4 aromatic rings. The highest BCUT2D eigenvalue weighted by molar-refractivity contribution is 7.17. The zero-order valence-electron chi connectivity index (χ0n) is 15.2. The van der Waals surface area contributed by atoms with E-state index in [9.17, 15) is 9.18 Å². The third-order valence-electron chi connectivity index (χ3n) is 4.52. The number of aromatic nitrogens is 2. The van der Waals surface area contributed by atoms with Gasteiger partial charge in [-0.25, -0.2) is 9.37 Å². The lowest BCUT2D eigenvalue weighted by Gasteiger charge is -2.08. The van der Waals surface area contributed by atoms with Gasteiger partial charge in [-0.15, -0.1) is 11.3 Å². The lowest BCUT2D eigenvalue weighted by Crippen LogP contribution is -2.20. The van der Waals surface area contributed by atoms with Gasteiger partial charge in [0.25, 0.3) is 5.56 Å². The van der Waals surface area contributed by atoms with Crippen LogP contribution in [0.15, 0.2) is 71.1 Å². The summed E-state index contributed by atoms with van der Waals surface area (Å²) in [6.07, 6.45) is 3.26. The number of hydrogen-bond donors (Lipinski definition) is 0. The minimum atomic E-state index is -0.295. The second-order valence-electron chi connectivity index (χ2n) is 6.45. The Labute approximate surface area is 165 Å². The molecule has 28 heavy (non-hydrogen) atoms. The van der Waals surface area contributed by atoms with Crippen molar-refractivity contribution in [2.45, 2.75) is 19.4 Å². The van der Waals surface area contributed by atoms with Crippen molar-refractivity contribution in [3.8, 4) is 16.9 Å². The summed E-state index contributed by atoms with van der Waals surface area (Å²) in [5.41, 5.74) is 1.56. The highest BCUT2D eigenvalue weighted by Crippen LogP contribution is 2.30. The number of nitrogens with zero attached hydrogens (tertiary/aromatic N) is 2. The van der Waals surface area contributed by atoms with Gasteiger partial charge in [-0.1, -0.05) is 30.3 Å². The Balaban J connectivity index is 1.46. The smallest absolute Gasteiger partial charge is 0.262 e. The number of thiophene rings is 1. The van der Waals surface area contributed by atoms with Gasteiger partial charge in [0, 0.05) is 17.5 Å². The molecule has 4 rings (SSSR count). The molecular formula is C22H19FN2O2S. The molecule has 0 fully saturated rings. The predicted octanol–water partition coefficient (Wildman–Crippen LogP) is 5.12. The number of rotatable bonds is 7. The van der Waals surface area contributed by atoms with Gasteiger partial charge in [0.05, 0.1) is 18.3 Å². The molecule has 2 aromatic carbocycles. The van der Waals surface area contributed by atoms with E-state index in [0.29, 0.717) is 23.4 Å². The SMILES string of the molecule is O=c1c2c(-c3ccc(F)cc3)csc2ncn1CCCCOc1ccccc1. The van der Waals surface area contributed by atoms with Gasteiger partial charge >= 0.3 is 0 Å². The summed E-state index contributed by atoms with van der Waals surface area (Å²) in [4.78, 5) is 18.1. The molecule has 0 unspecified atom stereocenters. The van der Waals surface area contributed by atoms with Crippen molar-refractivity contribution in [2.24, 2.45) is 0 Å². The van der Waals surface area contributed by atoms with E-state index in [1.165, 1.54) is 23.5 Å². The van der Waals surface area contributed by atoms with Crippen molar-refractivity contribution in [1.29, 1.82) is 0 Å². The summed E-state index contributed by atoms with van der Waals surface area (Å²) < 4.78 is 20.5. The van der Waals surface area contributed by atoms with E-state index < -0.39 is 0 Å². The number of ether oxygens (including phenoxy) is 1. The Morgan fingerprint density at radius 1 is 1.04 bits per heavy atom. The van der Waals surface area contributed by atoms with Crippen LogP contribution in [-0.4, -0.2) is 16.2 Å². The minimum Gasteiger partial charge on any atom is -0.494 e. The summed E-state index contributed by atoms with van der Waals surface area (Å²) in [6.45, 7) is 1.19. The largest absolute Gasteiger partial charge is 0.494 e. The molecule has 0 aliphatic heterocycles. The lowest BCUT2D eigenvalue weighted by atomic mass is 10.1. The third kappa shape index (κ3) is 3.97. The Hall–Kier alpha value is -2.99. The van der Waals surface area contributed by atoms with Crippen LogP contribution in [0.4, 0.5) is 4.39 Å². The van der Waals surface area contributed by atoms with Crippen molar-refractivity contribution in [3.63, 3.8) is 0 Å². The van der Waals surface area contributed by atoms with Crippen LogP contribution in [-0.2, 0) is 6.54 Å². The molecular weight excluding hydrogens is 375 g/mol. The van der Waals surface area contributed by atoms with E-state index in [1.54, 1.807) is 23.0 Å². The van der Waals surface area contributed by atoms with Gasteiger partial charge < -0.3 is 4.74 Å². The molecule has 0 aliphatic carbocycles. The average molecular weight is 394 g/mol. The molecule has 6 heteroatoms. The number of halogens is 1. The number of fused-ring (bicyclic) bond motifs is 1. The van der Waals surface area contributed by atoms with Crippen LogP contribution in [0.2, 0.25) is 0 Å².